The number of aromatic nitrogens is 1. The van der Waals surface area contributed by atoms with Crippen LogP contribution in [-0.4, -0.2) is 17.6 Å². The molecule has 0 atom stereocenters. The molecule has 0 aliphatic rings. The van der Waals surface area contributed by atoms with Crippen molar-refractivity contribution in [1.82, 2.24) is 4.98 Å². The number of carbonyl (C=O) groups excluding carboxylic acids is 1. The van der Waals surface area contributed by atoms with Crippen molar-refractivity contribution in [2.75, 3.05) is 6.61 Å². The average molecular weight is 240 g/mol. The molecule has 0 saturated heterocycles. The number of esters is 1. The van der Waals surface area contributed by atoms with Gasteiger partial charge in [0, 0.05) is 11.8 Å². The highest BCUT2D eigenvalue weighted by Gasteiger charge is 2.23. The standard InChI is InChI=1S/C11H10F2N2O2/c1-3-17-11(16)9-6(2)8(10(12)13)7(4-14)5-15-9/h5,10H,3H2,1-2H3. The van der Waals surface area contributed by atoms with Crippen LogP contribution < -0.4 is 0 Å². The van der Waals surface area contributed by atoms with Crippen LogP contribution in [0.15, 0.2) is 6.20 Å². The highest BCUT2D eigenvalue weighted by molar-refractivity contribution is 5.89. The van der Waals surface area contributed by atoms with E-state index in [-0.39, 0.29) is 23.4 Å². The Balaban J connectivity index is 3.34. The molecule has 0 aliphatic carbocycles. The van der Waals surface area contributed by atoms with Gasteiger partial charge < -0.3 is 4.74 Å². The van der Waals surface area contributed by atoms with Gasteiger partial charge in [-0.05, 0) is 19.4 Å². The van der Waals surface area contributed by atoms with E-state index in [1.807, 2.05) is 0 Å². The van der Waals surface area contributed by atoms with Crippen molar-refractivity contribution < 1.29 is 18.3 Å². The van der Waals surface area contributed by atoms with E-state index in [9.17, 15) is 13.6 Å². The molecule has 0 bridgehead atoms. The lowest BCUT2D eigenvalue weighted by Gasteiger charge is -2.10. The zero-order valence-corrected chi connectivity index (χ0v) is 9.33. The minimum atomic E-state index is -2.83. The highest BCUT2D eigenvalue weighted by atomic mass is 19.3. The van der Waals surface area contributed by atoms with Gasteiger partial charge in [-0.1, -0.05) is 0 Å². The number of nitrogens with zero attached hydrogens (tertiary/aromatic N) is 2. The summed E-state index contributed by atoms with van der Waals surface area (Å²) in [6.07, 6.45) is -1.87. The molecule has 1 aromatic heterocycles. The van der Waals surface area contributed by atoms with E-state index in [0.717, 1.165) is 6.20 Å². The fourth-order valence-electron chi connectivity index (χ4n) is 1.40. The van der Waals surface area contributed by atoms with E-state index in [4.69, 9.17) is 5.26 Å². The molecule has 1 heterocycles. The second-order valence-corrected chi connectivity index (χ2v) is 3.19. The van der Waals surface area contributed by atoms with E-state index in [2.05, 4.69) is 9.72 Å². The first kappa shape index (κ1) is 13.0. The Morgan fingerprint density at radius 3 is 2.76 bits per heavy atom. The van der Waals surface area contributed by atoms with Crippen molar-refractivity contribution in [1.29, 1.82) is 5.26 Å². The van der Waals surface area contributed by atoms with Gasteiger partial charge in [0.2, 0.25) is 0 Å². The van der Waals surface area contributed by atoms with Crippen LogP contribution in [0.25, 0.3) is 0 Å². The van der Waals surface area contributed by atoms with Crippen LogP contribution >= 0.6 is 0 Å². The van der Waals surface area contributed by atoms with Gasteiger partial charge in [0.25, 0.3) is 6.43 Å². The second kappa shape index (κ2) is 5.34. The van der Waals surface area contributed by atoms with Crippen LogP contribution in [0.4, 0.5) is 8.78 Å². The van der Waals surface area contributed by atoms with Gasteiger partial charge in [-0.15, -0.1) is 0 Å². The average Bonchev–Trinajstić information content (AvgIpc) is 2.27. The first-order valence-corrected chi connectivity index (χ1v) is 4.87. The molecule has 6 heteroatoms. The smallest absolute Gasteiger partial charge is 0.357 e. The van der Waals surface area contributed by atoms with Gasteiger partial charge in [-0.25, -0.2) is 18.6 Å². The minimum absolute atomic E-state index is 0.0162. The van der Waals surface area contributed by atoms with Crippen molar-refractivity contribution in [2.24, 2.45) is 0 Å². The summed E-state index contributed by atoms with van der Waals surface area (Å²) in [5.74, 6) is -0.767. The van der Waals surface area contributed by atoms with Crippen molar-refractivity contribution in [3.8, 4) is 6.07 Å². The maximum Gasteiger partial charge on any atom is 0.357 e. The summed E-state index contributed by atoms with van der Waals surface area (Å²) in [6.45, 7) is 3.05. The van der Waals surface area contributed by atoms with Crippen molar-refractivity contribution in [3.63, 3.8) is 0 Å². The van der Waals surface area contributed by atoms with E-state index in [1.165, 1.54) is 6.92 Å². The molecule has 1 rings (SSSR count). The fraction of sp³-hybridized carbons (Fsp3) is 0.364. The summed E-state index contributed by atoms with van der Waals surface area (Å²) in [5.41, 5.74) is -0.894. The molecule has 0 fully saturated rings. The van der Waals surface area contributed by atoms with Crippen molar-refractivity contribution in [2.45, 2.75) is 20.3 Å². The van der Waals surface area contributed by atoms with Crippen LogP contribution in [0, 0.1) is 18.3 Å². The SMILES string of the molecule is CCOC(=O)c1ncc(C#N)c(C(F)F)c1C. The molecule has 1 aromatic rings. The Morgan fingerprint density at radius 1 is 1.65 bits per heavy atom. The molecule has 4 nitrogen and oxygen atoms in total. The number of hydrogen-bond donors (Lipinski definition) is 0. The van der Waals surface area contributed by atoms with E-state index in [0.29, 0.717) is 0 Å². The molecule has 90 valence electrons. The molecular weight excluding hydrogens is 230 g/mol. The molecule has 0 aromatic carbocycles. The number of rotatable bonds is 3. The molecule has 17 heavy (non-hydrogen) atoms. The van der Waals surface area contributed by atoms with Crippen LogP contribution in [-0.2, 0) is 4.74 Å². The zero-order valence-electron chi connectivity index (χ0n) is 9.33. The Hall–Kier alpha value is -2.03. The minimum Gasteiger partial charge on any atom is -0.461 e. The summed E-state index contributed by atoms with van der Waals surface area (Å²) in [4.78, 5) is 15.1. The van der Waals surface area contributed by atoms with Gasteiger partial charge in [0.15, 0.2) is 5.69 Å². The molecule has 0 aliphatic heterocycles. The second-order valence-electron chi connectivity index (χ2n) is 3.19. The largest absolute Gasteiger partial charge is 0.461 e. The number of ether oxygens (including phenoxy) is 1. The lowest BCUT2D eigenvalue weighted by molar-refractivity contribution is 0.0518. The molecule has 0 radical (unpaired) electrons. The fourth-order valence-corrected chi connectivity index (χ4v) is 1.40. The maximum atomic E-state index is 12.8. The number of alkyl halides is 2. The van der Waals surface area contributed by atoms with Gasteiger partial charge in [-0.2, -0.15) is 5.26 Å². The van der Waals surface area contributed by atoms with Crippen LogP contribution in [0.5, 0.6) is 0 Å². The topological polar surface area (TPSA) is 63.0 Å². The summed E-state index contributed by atoms with van der Waals surface area (Å²) >= 11 is 0. The highest BCUT2D eigenvalue weighted by Crippen LogP contribution is 2.27. The Labute approximate surface area is 96.8 Å². The summed E-state index contributed by atoms with van der Waals surface area (Å²) < 4.78 is 30.2. The summed E-state index contributed by atoms with van der Waals surface area (Å²) in [5, 5.41) is 8.69. The third kappa shape index (κ3) is 2.56. The Bertz CT molecular complexity index is 481. The number of hydrogen-bond acceptors (Lipinski definition) is 4. The monoisotopic (exact) mass is 240 g/mol. The third-order valence-corrected chi connectivity index (χ3v) is 2.18. The number of nitriles is 1. The third-order valence-electron chi connectivity index (χ3n) is 2.18. The number of halogens is 2. The quantitative estimate of drug-likeness (QED) is 0.761. The van der Waals surface area contributed by atoms with Crippen molar-refractivity contribution in [3.05, 3.63) is 28.6 Å². The number of carbonyl (C=O) groups is 1. The predicted octanol–water partition coefficient (Wildman–Crippen LogP) is 2.38. The summed E-state index contributed by atoms with van der Waals surface area (Å²) in [7, 11) is 0. The Kier molecular flexibility index (Phi) is 4.10. The van der Waals surface area contributed by atoms with Crippen LogP contribution in [0.2, 0.25) is 0 Å². The molecule has 0 unspecified atom stereocenters. The lowest BCUT2D eigenvalue weighted by Crippen LogP contribution is -2.12. The molecule has 0 N–H and O–H groups in total. The number of pyridine rings is 1. The predicted molar refractivity (Wildman–Crippen MR) is 54.6 cm³/mol. The van der Waals surface area contributed by atoms with Gasteiger partial charge in [0.05, 0.1) is 12.2 Å². The van der Waals surface area contributed by atoms with E-state index < -0.39 is 18.0 Å². The maximum absolute atomic E-state index is 12.8. The molecular formula is C11H10F2N2O2. The van der Waals surface area contributed by atoms with Gasteiger partial charge in [-0.3, -0.25) is 0 Å². The van der Waals surface area contributed by atoms with Crippen molar-refractivity contribution >= 4 is 5.97 Å². The van der Waals surface area contributed by atoms with E-state index in [1.54, 1.807) is 13.0 Å². The zero-order chi connectivity index (χ0) is 13.0. The normalized spacial score (nSPS) is 10.1. The molecule has 0 spiro atoms. The van der Waals surface area contributed by atoms with E-state index >= 15 is 0 Å². The lowest BCUT2D eigenvalue weighted by atomic mass is 10.0. The molecule has 0 amide bonds. The first-order chi connectivity index (χ1) is 8.02. The summed E-state index contributed by atoms with van der Waals surface area (Å²) in [6, 6.07) is 1.62. The first-order valence-electron chi connectivity index (χ1n) is 4.87. The van der Waals surface area contributed by atoms with Crippen LogP contribution in [0.3, 0.4) is 0 Å². The van der Waals surface area contributed by atoms with Crippen LogP contribution in [0.1, 0.15) is 40.5 Å². The molecule has 0 saturated carbocycles. The van der Waals surface area contributed by atoms with Gasteiger partial charge >= 0.3 is 5.97 Å². The Morgan fingerprint density at radius 2 is 2.29 bits per heavy atom. The van der Waals surface area contributed by atoms with Gasteiger partial charge in [0.1, 0.15) is 6.07 Å².